The molecule has 0 spiro atoms. The van der Waals surface area contributed by atoms with Crippen molar-refractivity contribution in [2.45, 2.75) is 43.4 Å². The number of hydrogen-bond donors (Lipinski definition) is 4. The number of carbonyl (C=O) groups is 2. The van der Waals surface area contributed by atoms with E-state index in [4.69, 9.17) is 9.39 Å². The zero-order valence-electron chi connectivity index (χ0n) is 15.8. The van der Waals surface area contributed by atoms with Crippen LogP contribution in [-0.2, 0) is 24.3 Å². The van der Waals surface area contributed by atoms with Gasteiger partial charge in [0.05, 0.1) is 12.6 Å². The van der Waals surface area contributed by atoms with E-state index >= 15 is 0 Å². The first-order chi connectivity index (χ1) is 13.8. The molecule has 0 saturated carbocycles. The molecule has 3 amide bonds. The van der Waals surface area contributed by atoms with Crippen LogP contribution in [0.4, 0.5) is 4.79 Å². The Hall–Kier alpha value is -1.55. The first-order valence-corrected chi connectivity index (χ1v) is 11.0. The van der Waals surface area contributed by atoms with E-state index in [1.54, 1.807) is 0 Å². The zero-order chi connectivity index (χ0) is 20.6. The lowest BCUT2D eigenvalue weighted by Gasteiger charge is -2.29. The maximum absolute atomic E-state index is 12.5. The molecule has 2 unspecified atom stereocenters. The lowest BCUT2D eigenvalue weighted by molar-refractivity contribution is -0.139. The van der Waals surface area contributed by atoms with E-state index in [1.165, 1.54) is 4.90 Å². The smallest absolute Gasteiger partial charge is 0.310 e. The summed E-state index contributed by atoms with van der Waals surface area (Å²) in [4.78, 5) is 33.8. The van der Waals surface area contributed by atoms with Gasteiger partial charge in [-0.2, -0.15) is 13.5 Å². The molecule has 4 aliphatic rings. The highest BCUT2D eigenvalue weighted by molar-refractivity contribution is 7.80. The van der Waals surface area contributed by atoms with E-state index in [2.05, 4.69) is 25.3 Å². The van der Waals surface area contributed by atoms with Crippen molar-refractivity contribution in [2.24, 2.45) is 0 Å². The number of nitrogens with zero attached hydrogens (tertiary/aromatic N) is 3. The Morgan fingerprint density at radius 3 is 2.86 bits per heavy atom. The van der Waals surface area contributed by atoms with E-state index in [1.807, 2.05) is 0 Å². The van der Waals surface area contributed by atoms with Crippen LogP contribution in [0.25, 0.3) is 0 Å². The van der Waals surface area contributed by atoms with Gasteiger partial charge in [-0.3, -0.25) is 19.1 Å². The lowest BCUT2D eigenvalue weighted by atomic mass is 10.0. The van der Waals surface area contributed by atoms with Gasteiger partial charge < -0.3 is 15.5 Å². The van der Waals surface area contributed by atoms with Gasteiger partial charge in [-0.15, -0.1) is 4.28 Å². The van der Waals surface area contributed by atoms with Crippen LogP contribution >= 0.6 is 0 Å². The second-order valence-electron chi connectivity index (χ2n) is 7.75. The highest BCUT2D eigenvalue weighted by atomic mass is 32.3. The zero-order valence-corrected chi connectivity index (χ0v) is 16.6. The van der Waals surface area contributed by atoms with Crippen molar-refractivity contribution in [1.82, 2.24) is 31.0 Å². The van der Waals surface area contributed by atoms with Gasteiger partial charge in [-0.1, -0.05) is 0 Å². The average molecular weight is 434 g/mol. The summed E-state index contributed by atoms with van der Waals surface area (Å²) in [6.07, 6.45) is 1.63. The summed E-state index contributed by atoms with van der Waals surface area (Å²) >= 11 is 0. The first-order valence-electron chi connectivity index (χ1n) is 9.68. The van der Waals surface area contributed by atoms with Gasteiger partial charge in [0.1, 0.15) is 6.04 Å². The van der Waals surface area contributed by atoms with Crippen LogP contribution in [-0.4, -0.2) is 103 Å². The summed E-state index contributed by atoms with van der Waals surface area (Å²) in [6, 6.07) is -1.52. The SMILES string of the molecule is O=C(NOC[C@@H]1C[C@@H](N2CCNC2)CN1)C1CCC2CN1C(=O)N2OS(=O)(=O)O. The third-order valence-corrected chi connectivity index (χ3v) is 6.21. The van der Waals surface area contributed by atoms with Crippen LogP contribution < -0.4 is 16.1 Å². The Balaban J connectivity index is 1.23. The van der Waals surface area contributed by atoms with Crippen LogP contribution in [0.2, 0.25) is 0 Å². The van der Waals surface area contributed by atoms with E-state index < -0.39 is 34.4 Å². The van der Waals surface area contributed by atoms with Gasteiger partial charge in [0.2, 0.25) is 0 Å². The number of rotatable bonds is 7. The minimum atomic E-state index is -4.81. The third kappa shape index (κ3) is 4.63. The maximum atomic E-state index is 12.5. The molecule has 4 fully saturated rings. The average Bonchev–Trinajstić information content (AvgIpc) is 3.39. The summed E-state index contributed by atoms with van der Waals surface area (Å²) in [6.45, 7) is 4.24. The monoisotopic (exact) mass is 434 g/mol. The van der Waals surface area contributed by atoms with Crippen LogP contribution in [0.15, 0.2) is 0 Å². The molecule has 0 radical (unpaired) electrons. The third-order valence-electron chi connectivity index (χ3n) is 5.86. The number of piperidine rings is 1. The maximum Gasteiger partial charge on any atom is 0.418 e. The van der Waals surface area contributed by atoms with E-state index in [9.17, 15) is 18.0 Å². The Morgan fingerprint density at radius 2 is 2.14 bits per heavy atom. The predicted molar refractivity (Wildman–Crippen MR) is 97.3 cm³/mol. The van der Waals surface area contributed by atoms with Crippen LogP contribution in [0.1, 0.15) is 19.3 Å². The molecule has 4 heterocycles. The van der Waals surface area contributed by atoms with Crippen molar-refractivity contribution >= 4 is 22.3 Å². The van der Waals surface area contributed by atoms with Crippen LogP contribution in [0, 0.1) is 0 Å². The number of hydrogen-bond acceptors (Lipinski definition) is 9. The minimum Gasteiger partial charge on any atom is -0.310 e. The van der Waals surface area contributed by atoms with E-state index in [0.29, 0.717) is 30.6 Å². The number of fused-ring (bicyclic) bond motifs is 2. The summed E-state index contributed by atoms with van der Waals surface area (Å²) < 4.78 is 35.0. The van der Waals surface area contributed by atoms with Crippen LogP contribution in [0.3, 0.4) is 0 Å². The molecule has 0 aromatic rings. The van der Waals surface area contributed by atoms with Gasteiger partial charge in [-0.05, 0) is 19.3 Å². The fourth-order valence-electron chi connectivity index (χ4n) is 4.42. The van der Waals surface area contributed by atoms with Crippen LogP contribution in [0.5, 0.6) is 0 Å². The van der Waals surface area contributed by atoms with Crippen molar-refractivity contribution in [2.75, 3.05) is 39.5 Å². The molecule has 2 bridgehead atoms. The summed E-state index contributed by atoms with van der Waals surface area (Å²) in [7, 11) is -4.81. The summed E-state index contributed by atoms with van der Waals surface area (Å²) in [5.74, 6) is -0.469. The van der Waals surface area contributed by atoms with E-state index in [0.717, 1.165) is 32.7 Å². The fourth-order valence-corrected chi connectivity index (χ4v) is 4.81. The molecule has 14 heteroatoms. The van der Waals surface area contributed by atoms with Crippen molar-refractivity contribution in [3.05, 3.63) is 0 Å². The molecule has 0 aromatic heterocycles. The summed E-state index contributed by atoms with van der Waals surface area (Å²) in [5, 5.41) is 7.30. The lowest BCUT2D eigenvalue weighted by Crippen LogP contribution is -2.50. The van der Waals surface area contributed by atoms with Crippen molar-refractivity contribution < 1.29 is 31.7 Å². The standard InChI is InChI=1S/C15H26N6O7S/c22-14(18-27-8-10-5-12(6-17-10)19-4-3-16-9-19)13-2-1-11-7-20(13)15(23)21(11)28-29(24,25)26/h10-13,16-17H,1-9H2,(H,18,22)(H,24,25,26)/t10-,11?,12+,13?/m0/s1. The Kier molecular flexibility index (Phi) is 5.92. The fraction of sp³-hybridized carbons (Fsp3) is 0.867. The quantitative estimate of drug-likeness (QED) is 0.253. The normalized spacial score (nSPS) is 32.9. The number of nitrogens with one attached hydrogen (secondary N) is 3. The Labute approximate surface area is 168 Å². The molecule has 13 nitrogen and oxygen atoms in total. The van der Waals surface area contributed by atoms with Gasteiger partial charge >= 0.3 is 16.4 Å². The van der Waals surface area contributed by atoms with Gasteiger partial charge in [-0.25, -0.2) is 10.3 Å². The number of amides is 3. The molecule has 4 aliphatic heterocycles. The second kappa shape index (κ2) is 8.29. The molecule has 0 aliphatic carbocycles. The van der Waals surface area contributed by atoms with Gasteiger partial charge in [0.25, 0.3) is 5.91 Å². The second-order valence-corrected chi connectivity index (χ2v) is 8.76. The topological polar surface area (TPSA) is 153 Å². The molecular weight excluding hydrogens is 408 g/mol. The molecule has 4 rings (SSSR count). The van der Waals surface area contributed by atoms with Gasteiger partial charge in [0, 0.05) is 44.9 Å². The summed E-state index contributed by atoms with van der Waals surface area (Å²) in [5.41, 5.74) is 2.40. The number of carbonyl (C=O) groups excluding carboxylic acids is 2. The van der Waals surface area contributed by atoms with Crippen molar-refractivity contribution in [1.29, 1.82) is 0 Å². The highest BCUT2D eigenvalue weighted by Crippen LogP contribution is 2.30. The Bertz CT molecular complexity index is 745. The molecule has 4 saturated heterocycles. The minimum absolute atomic E-state index is 0.128. The molecule has 164 valence electrons. The largest absolute Gasteiger partial charge is 0.418 e. The molecule has 0 aromatic carbocycles. The first kappa shape index (κ1) is 20.7. The van der Waals surface area contributed by atoms with Crippen molar-refractivity contribution in [3.63, 3.8) is 0 Å². The molecule has 4 atom stereocenters. The predicted octanol–water partition coefficient (Wildman–Crippen LogP) is -2.37. The van der Waals surface area contributed by atoms with E-state index in [-0.39, 0.29) is 12.6 Å². The molecule has 4 N–H and O–H groups in total. The molecule has 29 heavy (non-hydrogen) atoms. The van der Waals surface area contributed by atoms with Gasteiger partial charge in [0.15, 0.2) is 0 Å². The molecular formula is C15H26N6O7S. The van der Waals surface area contributed by atoms with Crippen molar-refractivity contribution in [3.8, 4) is 0 Å². The highest BCUT2D eigenvalue weighted by Gasteiger charge is 2.49. The number of hydroxylamine groups is 3. The Morgan fingerprint density at radius 1 is 1.31 bits per heavy atom. The number of urea groups is 1.